The molecule has 0 fully saturated rings. The lowest BCUT2D eigenvalue weighted by Gasteiger charge is -2.37. The normalized spacial score (nSPS) is 19.6. The minimum atomic E-state index is -3.01. The quantitative estimate of drug-likeness (QED) is 0.539. The molecular formula is C24H27BF2N3O4. The third-order valence-corrected chi connectivity index (χ3v) is 6.95. The summed E-state index contributed by atoms with van der Waals surface area (Å²) < 4.78 is 39.0. The van der Waals surface area contributed by atoms with E-state index in [1.807, 2.05) is 22.8 Å². The van der Waals surface area contributed by atoms with Gasteiger partial charge in [-0.3, -0.25) is 4.79 Å². The summed E-state index contributed by atoms with van der Waals surface area (Å²) >= 11 is 0. The second kappa shape index (κ2) is 7.78. The summed E-state index contributed by atoms with van der Waals surface area (Å²) in [6, 6.07) is 9.47. The number of nitrogens with one attached hydrogen (secondary N) is 1. The molecule has 7 nitrogen and oxygen atoms in total. The van der Waals surface area contributed by atoms with Crippen molar-refractivity contribution < 1.29 is 29.5 Å². The molecule has 179 valence electrons. The number of carbonyl (C=O) groups excluding carboxylic acids is 1. The first-order valence-electron chi connectivity index (χ1n) is 11.1. The molecule has 2 aromatic carbocycles. The van der Waals surface area contributed by atoms with E-state index in [-0.39, 0.29) is 19.1 Å². The number of hydrogen-bond acceptors (Lipinski definition) is 5. The molecule has 1 amide bonds. The lowest BCUT2D eigenvalue weighted by atomic mass is 9.82. The Balaban J connectivity index is 0.00000289. The van der Waals surface area contributed by atoms with Crippen LogP contribution >= 0.6 is 0 Å². The summed E-state index contributed by atoms with van der Waals surface area (Å²) in [6.07, 6.45) is 0.483. The van der Waals surface area contributed by atoms with Crippen LogP contribution in [0.2, 0.25) is 0 Å². The van der Waals surface area contributed by atoms with Gasteiger partial charge in [-0.25, -0.2) is 4.98 Å². The van der Waals surface area contributed by atoms with E-state index >= 15 is 0 Å². The van der Waals surface area contributed by atoms with Crippen molar-refractivity contribution in [2.24, 2.45) is 0 Å². The van der Waals surface area contributed by atoms with Gasteiger partial charge in [-0.2, -0.15) is 8.78 Å². The molecule has 2 atom stereocenters. The molecule has 1 aromatic heterocycles. The maximum Gasteiger partial charge on any atom is 0.387 e. The van der Waals surface area contributed by atoms with E-state index in [1.165, 1.54) is 12.1 Å². The maximum atomic E-state index is 13.2. The first-order chi connectivity index (χ1) is 16.0. The second-order valence-electron chi connectivity index (χ2n) is 9.77. The van der Waals surface area contributed by atoms with Gasteiger partial charge in [0.15, 0.2) is 0 Å². The van der Waals surface area contributed by atoms with Crippen LogP contribution in [0.25, 0.3) is 11.0 Å². The molecule has 2 aliphatic heterocycles. The molecule has 0 saturated carbocycles. The molecule has 2 unspecified atom stereocenters. The Morgan fingerprint density at radius 2 is 2.03 bits per heavy atom. The molecule has 2 N–H and O–H groups in total. The van der Waals surface area contributed by atoms with Crippen LogP contribution < -0.4 is 15.5 Å². The van der Waals surface area contributed by atoms with E-state index < -0.39 is 23.9 Å². The van der Waals surface area contributed by atoms with Gasteiger partial charge in [0.05, 0.1) is 34.3 Å². The third kappa shape index (κ3) is 3.65. The molecule has 5 rings (SSSR count). The minimum absolute atomic E-state index is 0. The zero-order valence-electron chi connectivity index (χ0n) is 19.3. The van der Waals surface area contributed by atoms with Crippen LogP contribution in [0.1, 0.15) is 69.4 Å². The van der Waals surface area contributed by atoms with Gasteiger partial charge in [0.25, 0.3) is 5.91 Å². The highest BCUT2D eigenvalue weighted by atomic mass is 19.3. The smallest absolute Gasteiger partial charge is 0.387 e. The second-order valence-corrected chi connectivity index (χ2v) is 9.77. The highest BCUT2D eigenvalue weighted by Crippen LogP contribution is 2.47. The largest absolute Gasteiger partial charge is 0.434 e. The number of imidazole rings is 1. The summed E-state index contributed by atoms with van der Waals surface area (Å²) in [5.74, 6) is 0.318. The van der Waals surface area contributed by atoms with Crippen LogP contribution in [0.4, 0.5) is 8.78 Å². The molecular weight excluding hydrogens is 443 g/mol. The summed E-state index contributed by atoms with van der Waals surface area (Å²) in [7, 11) is 1.59. The number of aliphatic hydroxyl groups is 1. The van der Waals surface area contributed by atoms with Gasteiger partial charge >= 0.3 is 14.1 Å². The van der Waals surface area contributed by atoms with Crippen molar-refractivity contribution in [3.05, 3.63) is 53.3 Å². The standard InChI is InChI=1S/C24H25BF2N3O4.H2/c1-23(2,32)24(3,4)34-25-12-8-9-14-16(10-12)30-17-11-15(20(30)28-14)29-21(31)13-6-5-7-18(19(13)17)33-22(26)27;/h5-10,15,17,22,32H,11H2,1-4H3,(H,29,31);1H. The van der Waals surface area contributed by atoms with Gasteiger partial charge < -0.3 is 24.4 Å². The van der Waals surface area contributed by atoms with E-state index in [0.717, 1.165) is 11.0 Å². The van der Waals surface area contributed by atoms with Gasteiger partial charge in [0.1, 0.15) is 11.6 Å². The lowest BCUT2D eigenvalue weighted by Crippen LogP contribution is -2.49. The van der Waals surface area contributed by atoms with E-state index in [9.17, 15) is 18.7 Å². The Labute approximate surface area is 197 Å². The van der Waals surface area contributed by atoms with E-state index in [0.29, 0.717) is 28.9 Å². The molecule has 3 aromatic rings. The Kier molecular flexibility index (Phi) is 5.22. The molecule has 0 saturated heterocycles. The zero-order valence-corrected chi connectivity index (χ0v) is 19.3. The van der Waals surface area contributed by atoms with Crippen LogP contribution in [-0.2, 0) is 4.65 Å². The summed E-state index contributed by atoms with van der Waals surface area (Å²) in [5, 5.41) is 13.3. The number of rotatable bonds is 6. The predicted octanol–water partition coefficient (Wildman–Crippen LogP) is 3.47. The fraction of sp³-hybridized carbons (Fsp3) is 0.417. The van der Waals surface area contributed by atoms with Crippen LogP contribution in [-0.4, -0.2) is 45.9 Å². The average Bonchev–Trinajstić information content (AvgIpc) is 3.23. The Bertz CT molecular complexity index is 1290. The minimum Gasteiger partial charge on any atom is -0.434 e. The van der Waals surface area contributed by atoms with Crippen LogP contribution in [0.5, 0.6) is 5.75 Å². The van der Waals surface area contributed by atoms with Crippen LogP contribution in [0.3, 0.4) is 0 Å². The number of ether oxygens (including phenoxy) is 1. The highest BCUT2D eigenvalue weighted by molar-refractivity contribution is 6.47. The maximum absolute atomic E-state index is 13.2. The molecule has 10 heteroatoms. The Hall–Kier alpha value is -2.98. The highest BCUT2D eigenvalue weighted by Gasteiger charge is 2.42. The topological polar surface area (TPSA) is 85.6 Å². The number of carbonyl (C=O) groups is 1. The van der Waals surface area contributed by atoms with E-state index in [1.54, 1.807) is 41.2 Å². The average molecular weight is 470 g/mol. The molecule has 3 heterocycles. The van der Waals surface area contributed by atoms with Crippen molar-refractivity contribution in [2.75, 3.05) is 0 Å². The monoisotopic (exact) mass is 470 g/mol. The summed E-state index contributed by atoms with van der Waals surface area (Å²) in [4.78, 5) is 17.6. The van der Waals surface area contributed by atoms with Crippen molar-refractivity contribution in [1.82, 2.24) is 14.9 Å². The lowest BCUT2D eigenvalue weighted by molar-refractivity contribution is -0.0893. The van der Waals surface area contributed by atoms with Crippen molar-refractivity contribution in [2.45, 2.75) is 64.0 Å². The summed E-state index contributed by atoms with van der Waals surface area (Å²) in [5.41, 5.74) is 1.10. The number of halogens is 2. The zero-order chi connectivity index (χ0) is 24.4. The van der Waals surface area contributed by atoms with Gasteiger partial charge in [-0.05, 0) is 58.4 Å². The van der Waals surface area contributed by atoms with Crippen molar-refractivity contribution in [1.29, 1.82) is 0 Å². The van der Waals surface area contributed by atoms with E-state index in [4.69, 9.17) is 14.4 Å². The Morgan fingerprint density at radius 1 is 1.26 bits per heavy atom. The predicted molar refractivity (Wildman–Crippen MR) is 125 cm³/mol. The van der Waals surface area contributed by atoms with Gasteiger partial charge in [-0.15, -0.1) is 0 Å². The number of fused-ring (bicyclic) bond motifs is 9. The number of alkyl halides is 2. The first kappa shape index (κ1) is 22.8. The number of hydrogen-bond donors (Lipinski definition) is 2. The van der Waals surface area contributed by atoms with Gasteiger partial charge in [0, 0.05) is 12.6 Å². The number of aromatic nitrogens is 2. The fourth-order valence-electron chi connectivity index (χ4n) is 4.46. The van der Waals surface area contributed by atoms with Crippen LogP contribution in [0.15, 0.2) is 36.4 Å². The van der Waals surface area contributed by atoms with E-state index in [2.05, 4.69) is 5.32 Å². The van der Waals surface area contributed by atoms with Gasteiger partial charge in [0.2, 0.25) is 0 Å². The SMILES string of the molecule is CC(C)(O)C(C)(C)O[B]c1ccc2nc3n(c2c1)C1CC3NC(=O)c2cccc(OC(F)F)c21.[HH]. The molecule has 2 bridgehead atoms. The molecule has 0 spiro atoms. The first-order valence-corrected chi connectivity index (χ1v) is 11.1. The number of amides is 1. The molecule has 0 aliphatic carbocycles. The summed E-state index contributed by atoms with van der Waals surface area (Å²) in [6.45, 7) is 3.96. The molecule has 2 aliphatic rings. The van der Waals surface area contributed by atoms with Crippen molar-refractivity contribution in [3.8, 4) is 5.75 Å². The van der Waals surface area contributed by atoms with Crippen molar-refractivity contribution >= 4 is 29.9 Å². The Morgan fingerprint density at radius 3 is 2.74 bits per heavy atom. The van der Waals surface area contributed by atoms with Crippen LogP contribution in [0, 0.1) is 0 Å². The van der Waals surface area contributed by atoms with Gasteiger partial charge in [-0.1, -0.05) is 17.6 Å². The fourth-order valence-corrected chi connectivity index (χ4v) is 4.46. The third-order valence-electron chi connectivity index (χ3n) is 6.95. The molecule has 34 heavy (non-hydrogen) atoms. The number of benzene rings is 2. The number of nitrogens with zero attached hydrogens (tertiary/aromatic N) is 2. The van der Waals surface area contributed by atoms with Crippen molar-refractivity contribution in [3.63, 3.8) is 0 Å². The molecule has 1 radical (unpaired) electrons.